The van der Waals surface area contributed by atoms with Gasteiger partial charge in [0.1, 0.15) is 12.2 Å². The van der Waals surface area contributed by atoms with Crippen LogP contribution in [0.1, 0.15) is 25.2 Å². The number of nitrogens with one attached hydrogen (secondary N) is 2. The molecule has 0 aliphatic carbocycles. The Labute approximate surface area is 93.3 Å². The van der Waals surface area contributed by atoms with E-state index in [1.54, 1.807) is 18.6 Å². The molecule has 4 N–H and O–H groups in total. The van der Waals surface area contributed by atoms with Gasteiger partial charge < -0.3 is 16.0 Å². The van der Waals surface area contributed by atoms with Crippen LogP contribution in [0.2, 0.25) is 0 Å². The number of rotatable bonds is 4. The van der Waals surface area contributed by atoms with Crippen molar-refractivity contribution in [2.45, 2.75) is 19.4 Å². The van der Waals surface area contributed by atoms with Gasteiger partial charge in [0, 0.05) is 12.4 Å². The zero-order valence-electron chi connectivity index (χ0n) is 9.01. The summed E-state index contributed by atoms with van der Waals surface area (Å²) in [6.07, 6.45) is 7.45. The fourth-order valence-electron chi connectivity index (χ4n) is 1.46. The van der Waals surface area contributed by atoms with Crippen LogP contribution < -0.4 is 11.1 Å². The lowest BCUT2D eigenvalue weighted by molar-refractivity contribution is 0.700. The van der Waals surface area contributed by atoms with Crippen molar-refractivity contribution in [1.82, 2.24) is 19.9 Å². The maximum atomic E-state index is 5.76. The molecule has 6 heteroatoms. The van der Waals surface area contributed by atoms with E-state index in [-0.39, 0.29) is 6.04 Å². The molecule has 84 valence electrons. The average Bonchev–Trinajstić information content (AvgIpc) is 2.81. The second kappa shape index (κ2) is 4.61. The van der Waals surface area contributed by atoms with Crippen LogP contribution in [0.5, 0.6) is 0 Å². The monoisotopic (exact) mass is 218 g/mol. The second-order valence-corrected chi connectivity index (χ2v) is 3.41. The summed E-state index contributed by atoms with van der Waals surface area (Å²) in [7, 11) is 0. The highest BCUT2D eigenvalue weighted by atomic mass is 15.1. The van der Waals surface area contributed by atoms with Crippen molar-refractivity contribution in [2.75, 3.05) is 11.1 Å². The molecular formula is C10H14N6. The fourth-order valence-corrected chi connectivity index (χ4v) is 1.46. The molecule has 2 heterocycles. The molecule has 6 nitrogen and oxygen atoms in total. The van der Waals surface area contributed by atoms with E-state index in [9.17, 15) is 0 Å². The van der Waals surface area contributed by atoms with Crippen molar-refractivity contribution < 1.29 is 0 Å². The van der Waals surface area contributed by atoms with Crippen molar-refractivity contribution in [3.8, 4) is 0 Å². The maximum Gasteiger partial charge on any atom is 0.153 e. The van der Waals surface area contributed by atoms with Gasteiger partial charge >= 0.3 is 0 Å². The Balaban J connectivity index is 2.17. The number of H-pyrrole nitrogens is 1. The number of imidazole rings is 1. The summed E-state index contributed by atoms with van der Waals surface area (Å²) < 4.78 is 0. The molecule has 0 bridgehead atoms. The molecule has 0 saturated carbocycles. The molecule has 1 unspecified atom stereocenters. The smallest absolute Gasteiger partial charge is 0.153 e. The van der Waals surface area contributed by atoms with Gasteiger partial charge in [-0.3, -0.25) is 0 Å². The molecule has 1 atom stereocenters. The van der Waals surface area contributed by atoms with Crippen LogP contribution in [0, 0.1) is 0 Å². The van der Waals surface area contributed by atoms with Crippen LogP contribution in [-0.4, -0.2) is 19.9 Å². The highest BCUT2D eigenvalue weighted by molar-refractivity contribution is 5.59. The molecule has 0 amide bonds. The number of hydrogen-bond acceptors (Lipinski definition) is 5. The van der Waals surface area contributed by atoms with Crippen LogP contribution in [0.4, 0.5) is 11.5 Å². The fraction of sp³-hybridized carbons (Fsp3) is 0.300. The summed E-state index contributed by atoms with van der Waals surface area (Å²) in [5, 5.41) is 3.23. The summed E-state index contributed by atoms with van der Waals surface area (Å²) in [5.74, 6) is 1.51. The number of nitrogens with two attached hydrogens (primary N) is 1. The number of aromatic amines is 1. The lowest BCUT2D eigenvalue weighted by atomic mass is 10.2. The third kappa shape index (κ3) is 2.10. The molecule has 2 aromatic rings. The van der Waals surface area contributed by atoms with Crippen molar-refractivity contribution in [3.05, 3.63) is 30.7 Å². The van der Waals surface area contributed by atoms with Gasteiger partial charge in [-0.1, -0.05) is 6.92 Å². The predicted octanol–water partition coefficient (Wildman–Crippen LogP) is 1.35. The van der Waals surface area contributed by atoms with Crippen LogP contribution in [0.15, 0.2) is 24.9 Å². The van der Waals surface area contributed by atoms with Crippen molar-refractivity contribution in [3.63, 3.8) is 0 Å². The van der Waals surface area contributed by atoms with Gasteiger partial charge in [0.2, 0.25) is 0 Å². The molecule has 2 aromatic heterocycles. The molecule has 0 aliphatic rings. The highest BCUT2D eigenvalue weighted by Crippen LogP contribution is 2.21. The van der Waals surface area contributed by atoms with E-state index in [4.69, 9.17) is 5.73 Å². The first kappa shape index (κ1) is 10.4. The Morgan fingerprint density at radius 2 is 2.38 bits per heavy atom. The normalized spacial score (nSPS) is 12.3. The van der Waals surface area contributed by atoms with Crippen molar-refractivity contribution in [2.24, 2.45) is 0 Å². The Morgan fingerprint density at radius 1 is 1.50 bits per heavy atom. The maximum absolute atomic E-state index is 5.76. The van der Waals surface area contributed by atoms with Crippen LogP contribution >= 0.6 is 0 Å². The molecule has 0 spiro atoms. The van der Waals surface area contributed by atoms with E-state index in [1.807, 2.05) is 0 Å². The minimum atomic E-state index is 0.0761. The Bertz CT molecular complexity index is 438. The van der Waals surface area contributed by atoms with Gasteiger partial charge in [0.05, 0.1) is 17.9 Å². The summed E-state index contributed by atoms with van der Waals surface area (Å²) >= 11 is 0. The SMILES string of the molecule is CCC(Nc1ncncc1N)c1ncc[nH]1. The van der Waals surface area contributed by atoms with Crippen molar-refractivity contribution in [1.29, 1.82) is 0 Å². The third-order valence-corrected chi connectivity index (χ3v) is 2.31. The minimum Gasteiger partial charge on any atom is -0.394 e. The number of hydrogen-bond donors (Lipinski definition) is 3. The van der Waals surface area contributed by atoms with Gasteiger partial charge in [0.15, 0.2) is 5.82 Å². The Morgan fingerprint density at radius 3 is 3.00 bits per heavy atom. The molecular weight excluding hydrogens is 204 g/mol. The van der Waals surface area contributed by atoms with Crippen LogP contribution in [-0.2, 0) is 0 Å². The molecule has 0 aliphatic heterocycles. The zero-order chi connectivity index (χ0) is 11.4. The van der Waals surface area contributed by atoms with E-state index in [0.29, 0.717) is 11.5 Å². The lowest BCUT2D eigenvalue weighted by Crippen LogP contribution is -2.13. The van der Waals surface area contributed by atoms with E-state index < -0.39 is 0 Å². The zero-order valence-corrected chi connectivity index (χ0v) is 9.01. The molecule has 0 saturated heterocycles. The van der Waals surface area contributed by atoms with E-state index in [1.165, 1.54) is 6.33 Å². The van der Waals surface area contributed by atoms with Gasteiger partial charge in [-0.25, -0.2) is 15.0 Å². The van der Waals surface area contributed by atoms with E-state index in [2.05, 4.69) is 32.2 Å². The number of anilines is 2. The van der Waals surface area contributed by atoms with Crippen LogP contribution in [0.25, 0.3) is 0 Å². The number of nitrogen functional groups attached to an aromatic ring is 1. The van der Waals surface area contributed by atoms with Gasteiger partial charge in [-0.05, 0) is 6.42 Å². The van der Waals surface area contributed by atoms with Gasteiger partial charge in [-0.2, -0.15) is 0 Å². The molecule has 16 heavy (non-hydrogen) atoms. The average molecular weight is 218 g/mol. The van der Waals surface area contributed by atoms with Crippen LogP contribution in [0.3, 0.4) is 0 Å². The first-order valence-electron chi connectivity index (χ1n) is 5.12. The second-order valence-electron chi connectivity index (χ2n) is 3.41. The van der Waals surface area contributed by atoms with E-state index >= 15 is 0 Å². The van der Waals surface area contributed by atoms with Gasteiger partial charge in [-0.15, -0.1) is 0 Å². The summed E-state index contributed by atoms with van der Waals surface area (Å²) in [4.78, 5) is 15.2. The summed E-state index contributed by atoms with van der Waals surface area (Å²) in [6, 6.07) is 0.0761. The summed E-state index contributed by atoms with van der Waals surface area (Å²) in [6.45, 7) is 2.07. The standard InChI is InChI=1S/C10H14N6/c1-2-8(10-13-3-4-14-10)16-9-7(11)5-12-6-15-9/h3-6,8H,2,11H2,1H3,(H,13,14)(H,12,15,16). The largest absolute Gasteiger partial charge is 0.394 e. The predicted molar refractivity (Wildman–Crippen MR) is 61.7 cm³/mol. The lowest BCUT2D eigenvalue weighted by Gasteiger charge is -2.15. The number of aromatic nitrogens is 4. The van der Waals surface area contributed by atoms with Crippen molar-refractivity contribution >= 4 is 11.5 Å². The molecule has 2 rings (SSSR count). The topological polar surface area (TPSA) is 92.5 Å². The quantitative estimate of drug-likeness (QED) is 0.720. The Hall–Kier alpha value is -2.11. The van der Waals surface area contributed by atoms with E-state index in [0.717, 1.165) is 12.2 Å². The Kier molecular flexibility index (Phi) is 3.00. The molecule has 0 aromatic carbocycles. The van der Waals surface area contributed by atoms with Gasteiger partial charge in [0.25, 0.3) is 0 Å². The first-order valence-corrected chi connectivity index (χ1v) is 5.12. The first-order chi connectivity index (χ1) is 7.81. The third-order valence-electron chi connectivity index (χ3n) is 2.31. The molecule has 0 radical (unpaired) electrons. The highest BCUT2D eigenvalue weighted by Gasteiger charge is 2.13. The molecule has 0 fully saturated rings. The number of nitrogens with zero attached hydrogens (tertiary/aromatic N) is 3. The summed E-state index contributed by atoms with van der Waals surface area (Å²) in [5.41, 5.74) is 6.29. The minimum absolute atomic E-state index is 0.0761.